The SMILES string of the molecule is ClCCCCCCCCCCOC1CCCCO1. The molecule has 1 saturated heterocycles. The number of halogens is 1. The molecule has 1 fully saturated rings. The number of alkyl halides is 1. The topological polar surface area (TPSA) is 18.5 Å². The molecule has 0 saturated carbocycles. The second-order valence-corrected chi connectivity index (χ2v) is 5.56. The zero-order valence-electron chi connectivity index (χ0n) is 11.7. The Bertz CT molecular complexity index is 170. The molecule has 0 aromatic carbocycles. The van der Waals surface area contributed by atoms with Crippen molar-refractivity contribution in [3.8, 4) is 0 Å². The second-order valence-electron chi connectivity index (χ2n) is 5.18. The fraction of sp³-hybridized carbons (Fsp3) is 1.00. The maximum Gasteiger partial charge on any atom is 0.157 e. The van der Waals surface area contributed by atoms with Gasteiger partial charge in [-0.25, -0.2) is 0 Å². The van der Waals surface area contributed by atoms with Gasteiger partial charge in [-0.3, -0.25) is 0 Å². The van der Waals surface area contributed by atoms with E-state index in [0.29, 0.717) is 0 Å². The minimum absolute atomic E-state index is 0.0919. The molecule has 0 bridgehead atoms. The molecule has 1 rings (SSSR count). The summed E-state index contributed by atoms with van der Waals surface area (Å²) in [5, 5.41) is 0. The summed E-state index contributed by atoms with van der Waals surface area (Å²) in [5.41, 5.74) is 0. The molecule has 0 spiro atoms. The highest BCUT2D eigenvalue weighted by molar-refractivity contribution is 6.17. The monoisotopic (exact) mass is 276 g/mol. The molecule has 108 valence electrons. The zero-order chi connectivity index (χ0) is 12.9. The first-order valence-corrected chi connectivity index (χ1v) is 8.26. The van der Waals surface area contributed by atoms with Crippen LogP contribution in [-0.2, 0) is 9.47 Å². The van der Waals surface area contributed by atoms with E-state index >= 15 is 0 Å². The summed E-state index contributed by atoms with van der Waals surface area (Å²) < 4.78 is 11.2. The summed E-state index contributed by atoms with van der Waals surface area (Å²) in [6, 6.07) is 0. The van der Waals surface area contributed by atoms with Crippen molar-refractivity contribution >= 4 is 11.6 Å². The fourth-order valence-corrected chi connectivity index (χ4v) is 2.50. The molecule has 1 unspecified atom stereocenters. The standard InChI is InChI=1S/C15H29ClO2/c16-12-8-5-3-1-2-4-6-9-13-17-15-11-7-10-14-18-15/h15H,1-14H2. The molecule has 1 aliphatic heterocycles. The van der Waals surface area contributed by atoms with Gasteiger partial charge in [0.25, 0.3) is 0 Å². The van der Waals surface area contributed by atoms with E-state index in [4.69, 9.17) is 21.1 Å². The molecule has 18 heavy (non-hydrogen) atoms. The van der Waals surface area contributed by atoms with E-state index in [2.05, 4.69) is 0 Å². The molecule has 1 aliphatic rings. The molecule has 3 heteroatoms. The van der Waals surface area contributed by atoms with E-state index in [1.165, 1.54) is 64.2 Å². The van der Waals surface area contributed by atoms with Crippen molar-refractivity contribution in [1.82, 2.24) is 0 Å². The van der Waals surface area contributed by atoms with Crippen LogP contribution in [0.15, 0.2) is 0 Å². The zero-order valence-corrected chi connectivity index (χ0v) is 12.4. The number of hydrogen-bond acceptors (Lipinski definition) is 2. The Morgan fingerprint density at radius 3 is 2.17 bits per heavy atom. The Morgan fingerprint density at radius 1 is 0.889 bits per heavy atom. The van der Waals surface area contributed by atoms with Crippen LogP contribution in [0.1, 0.15) is 70.6 Å². The van der Waals surface area contributed by atoms with Gasteiger partial charge < -0.3 is 9.47 Å². The van der Waals surface area contributed by atoms with E-state index in [1.807, 2.05) is 0 Å². The average molecular weight is 277 g/mol. The van der Waals surface area contributed by atoms with Crippen LogP contribution in [-0.4, -0.2) is 25.4 Å². The summed E-state index contributed by atoms with van der Waals surface area (Å²) in [4.78, 5) is 0. The van der Waals surface area contributed by atoms with Crippen LogP contribution in [0.5, 0.6) is 0 Å². The molecule has 0 aromatic heterocycles. The van der Waals surface area contributed by atoms with Crippen LogP contribution >= 0.6 is 11.6 Å². The van der Waals surface area contributed by atoms with Crippen LogP contribution in [0.4, 0.5) is 0 Å². The number of ether oxygens (including phenoxy) is 2. The van der Waals surface area contributed by atoms with Crippen molar-refractivity contribution in [2.75, 3.05) is 19.1 Å². The number of unbranched alkanes of at least 4 members (excludes halogenated alkanes) is 7. The van der Waals surface area contributed by atoms with Gasteiger partial charge in [-0.05, 0) is 32.1 Å². The highest BCUT2D eigenvalue weighted by atomic mass is 35.5. The predicted molar refractivity (Wildman–Crippen MR) is 77.2 cm³/mol. The Kier molecular flexibility index (Phi) is 11.1. The van der Waals surface area contributed by atoms with Crippen molar-refractivity contribution in [1.29, 1.82) is 0 Å². The van der Waals surface area contributed by atoms with Gasteiger partial charge in [0.2, 0.25) is 0 Å². The fourth-order valence-electron chi connectivity index (χ4n) is 2.31. The number of hydrogen-bond donors (Lipinski definition) is 0. The van der Waals surface area contributed by atoms with Crippen LogP contribution in [0.2, 0.25) is 0 Å². The van der Waals surface area contributed by atoms with Crippen LogP contribution in [0.3, 0.4) is 0 Å². The highest BCUT2D eigenvalue weighted by Crippen LogP contribution is 2.14. The largest absolute Gasteiger partial charge is 0.353 e. The van der Waals surface area contributed by atoms with E-state index in [0.717, 1.165) is 25.5 Å². The van der Waals surface area contributed by atoms with Gasteiger partial charge in [-0.2, -0.15) is 0 Å². The summed E-state index contributed by atoms with van der Waals surface area (Å²) >= 11 is 5.64. The summed E-state index contributed by atoms with van der Waals surface area (Å²) in [6.45, 7) is 1.75. The average Bonchev–Trinajstić information content (AvgIpc) is 2.42. The maximum atomic E-state index is 5.71. The van der Waals surface area contributed by atoms with Gasteiger partial charge >= 0.3 is 0 Å². The molecule has 0 aliphatic carbocycles. The summed E-state index contributed by atoms with van der Waals surface area (Å²) in [6.07, 6.45) is 14.0. The molecule has 2 nitrogen and oxygen atoms in total. The first kappa shape index (κ1) is 16.3. The maximum absolute atomic E-state index is 5.71. The van der Waals surface area contributed by atoms with Crippen LogP contribution in [0.25, 0.3) is 0 Å². The first-order valence-electron chi connectivity index (χ1n) is 7.72. The molecule has 0 N–H and O–H groups in total. The lowest BCUT2D eigenvalue weighted by molar-refractivity contribution is -0.162. The highest BCUT2D eigenvalue weighted by Gasteiger charge is 2.13. The molecular weight excluding hydrogens is 248 g/mol. The normalized spacial score (nSPS) is 20.2. The molecule has 1 atom stereocenters. The van der Waals surface area contributed by atoms with Crippen molar-refractivity contribution in [3.05, 3.63) is 0 Å². The Labute approximate surface area is 117 Å². The van der Waals surface area contributed by atoms with E-state index < -0.39 is 0 Å². The summed E-state index contributed by atoms with van der Waals surface area (Å²) in [7, 11) is 0. The van der Waals surface area contributed by atoms with Crippen molar-refractivity contribution in [2.45, 2.75) is 76.9 Å². The van der Waals surface area contributed by atoms with E-state index in [9.17, 15) is 0 Å². The minimum Gasteiger partial charge on any atom is -0.353 e. The molecule has 0 radical (unpaired) electrons. The molecule has 1 heterocycles. The van der Waals surface area contributed by atoms with E-state index in [1.54, 1.807) is 0 Å². The quantitative estimate of drug-likeness (QED) is 0.395. The third kappa shape index (κ3) is 9.18. The lowest BCUT2D eigenvalue weighted by Crippen LogP contribution is -2.22. The Hall–Kier alpha value is 0.210. The first-order chi connectivity index (χ1) is 8.93. The van der Waals surface area contributed by atoms with E-state index in [-0.39, 0.29) is 6.29 Å². The summed E-state index contributed by atoms with van der Waals surface area (Å²) in [5.74, 6) is 0.820. The van der Waals surface area contributed by atoms with Crippen molar-refractivity contribution in [2.24, 2.45) is 0 Å². The van der Waals surface area contributed by atoms with Crippen molar-refractivity contribution in [3.63, 3.8) is 0 Å². The third-order valence-corrected chi connectivity index (χ3v) is 3.74. The lowest BCUT2D eigenvalue weighted by atomic mass is 10.1. The van der Waals surface area contributed by atoms with Gasteiger partial charge in [0.1, 0.15) is 0 Å². The molecule has 0 amide bonds. The van der Waals surface area contributed by atoms with Gasteiger partial charge in [0, 0.05) is 19.1 Å². The van der Waals surface area contributed by atoms with Crippen LogP contribution < -0.4 is 0 Å². The van der Waals surface area contributed by atoms with Gasteiger partial charge in [-0.15, -0.1) is 11.6 Å². The third-order valence-electron chi connectivity index (χ3n) is 3.47. The van der Waals surface area contributed by atoms with Crippen molar-refractivity contribution < 1.29 is 9.47 Å². The molecular formula is C15H29ClO2. The lowest BCUT2D eigenvalue weighted by Gasteiger charge is -2.22. The predicted octanol–water partition coefficient (Wildman–Crippen LogP) is 4.89. The minimum atomic E-state index is 0.0919. The number of rotatable bonds is 11. The van der Waals surface area contributed by atoms with Gasteiger partial charge in [0.15, 0.2) is 6.29 Å². The van der Waals surface area contributed by atoms with Crippen LogP contribution in [0, 0.1) is 0 Å². The van der Waals surface area contributed by atoms with Gasteiger partial charge in [-0.1, -0.05) is 38.5 Å². The molecule has 0 aromatic rings. The smallest absolute Gasteiger partial charge is 0.157 e. The Balaban J connectivity index is 1.73. The Morgan fingerprint density at radius 2 is 1.56 bits per heavy atom. The second kappa shape index (κ2) is 12.3. The van der Waals surface area contributed by atoms with Gasteiger partial charge in [0.05, 0.1) is 0 Å².